The lowest BCUT2D eigenvalue weighted by molar-refractivity contribution is -0.131. The van der Waals surface area contributed by atoms with E-state index < -0.39 is 5.97 Å². The van der Waals surface area contributed by atoms with Crippen molar-refractivity contribution >= 4 is 28.0 Å². The number of carboxylic acid groups (broad SMARTS) is 1. The lowest BCUT2D eigenvalue weighted by atomic mass is 9.86. The maximum absolute atomic E-state index is 10.5. The highest BCUT2D eigenvalue weighted by Crippen LogP contribution is 2.28. The molecule has 3 nitrogen and oxygen atoms in total. The van der Waals surface area contributed by atoms with Crippen molar-refractivity contribution in [1.29, 1.82) is 0 Å². The van der Waals surface area contributed by atoms with Crippen molar-refractivity contribution < 1.29 is 14.6 Å². The number of carbonyl (C=O) groups is 1. The Morgan fingerprint density at radius 2 is 2.28 bits per heavy atom. The Morgan fingerprint density at radius 1 is 1.50 bits per heavy atom. The van der Waals surface area contributed by atoms with E-state index in [9.17, 15) is 4.79 Å². The minimum absolute atomic E-state index is 0.687. The van der Waals surface area contributed by atoms with Gasteiger partial charge in [0.25, 0.3) is 0 Å². The Hall–Kier alpha value is -1.29. The summed E-state index contributed by atoms with van der Waals surface area (Å²) in [6.45, 7) is 0.754. The summed E-state index contributed by atoms with van der Waals surface area (Å²) in [5.74, 6) is 0.518. The summed E-state index contributed by atoms with van der Waals surface area (Å²) in [5.41, 5.74) is 0.809. The fourth-order valence-electron chi connectivity index (χ4n) is 1.77. The number of ether oxygens (including phenoxy) is 1. The number of rotatable bonds is 5. The van der Waals surface area contributed by atoms with E-state index >= 15 is 0 Å². The monoisotopic (exact) mass is 310 g/mol. The highest BCUT2D eigenvalue weighted by Gasteiger charge is 2.17. The third-order valence-electron chi connectivity index (χ3n) is 3.08. The average molecular weight is 311 g/mol. The van der Waals surface area contributed by atoms with E-state index in [4.69, 9.17) is 9.84 Å². The van der Waals surface area contributed by atoms with Gasteiger partial charge in [0.15, 0.2) is 0 Å². The van der Waals surface area contributed by atoms with Crippen molar-refractivity contribution in [1.82, 2.24) is 0 Å². The highest BCUT2D eigenvalue weighted by atomic mass is 79.9. The third kappa shape index (κ3) is 3.60. The van der Waals surface area contributed by atoms with Gasteiger partial charge in [0, 0.05) is 10.5 Å². The Labute approximate surface area is 115 Å². The molecule has 0 atom stereocenters. The topological polar surface area (TPSA) is 46.5 Å². The van der Waals surface area contributed by atoms with Gasteiger partial charge in [-0.2, -0.15) is 0 Å². The van der Waals surface area contributed by atoms with Crippen molar-refractivity contribution in [2.45, 2.75) is 19.3 Å². The van der Waals surface area contributed by atoms with Gasteiger partial charge in [0.1, 0.15) is 5.75 Å². The summed E-state index contributed by atoms with van der Waals surface area (Å²) in [4.78, 5) is 10.5. The molecule has 1 saturated carbocycles. The molecule has 1 aromatic carbocycles. The van der Waals surface area contributed by atoms with E-state index in [2.05, 4.69) is 15.9 Å². The van der Waals surface area contributed by atoms with E-state index in [0.717, 1.165) is 28.5 Å². The number of halogens is 1. The first-order chi connectivity index (χ1) is 8.65. The summed E-state index contributed by atoms with van der Waals surface area (Å²) < 4.78 is 6.57. The normalized spacial score (nSPS) is 15.6. The minimum atomic E-state index is -0.956. The predicted molar refractivity (Wildman–Crippen MR) is 73.6 cm³/mol. The van der Waals surface area contributed by atoms with Crippen LogP contribution in [0.25, 0.3) is 6.08 Å². The standard InChI is InChI=1S/C14H15BrO3/c15-13-6-5-12(18-9-10-2-1-3-10)8-11(13)4-7-14(16)17/h4-8,10H,1-3,9H2,(H,16,17)/b7-4+. The van der Waals surface area contributed by atoms with Crippen LogP contribution in [-0.4, -0.2) is 17.7 Å². The Morgan fingerprint density at radius 3 is 2.89 bits per heavy atom. The van der Waals surface area contributed by atoms with Gasteiger partial charge >= 0.3 is 5.97 Å². The van der Waals surface area contributed by atoms with E-state index in [1.54, 1.807) is 6.08 Å². The van der Waals surface area contributed by atoms with E-state index in [0.29, 0.717) is 5.92 Å². The molecule has 0 spiro atoms. The first-order valence-electron chi connectivity index (χ1n) is 5.98. The number of aliphatic carboxylic acids is 1. The molecule has 1 aliphatic carbocycles. The van der Waals surface area contributed by atoms with Crippen molar-refractivity contribution in [3.05, 3.63) is 34.3 Å². The predicted octanol–water partition coefficient (Wildman–Crippen LogP) is 3.73. The van der Waals surface area contributed by atoms with Gasteiger partial charge in [-0.15, -0.1) is 0 Å². The lowest BCUT2D eigenvalue weighted by Crippen LogP contribution is -2.19. The van der Waals surface area contributed by atoms with Gasteiger partial charge in [0.05, 0.1) is 6.61 Å². The second-order valence-corrected chi connectivity index (χ2v) is 5.32. The van der Waals surface area contributed by atoms with Gasteiger partial charge in [-0.25, -0.2) is 4.79 Å². The van der Waals surface area contributed by atoms with Crippen LogP contribution in [0.5, 0.6) is 5.75 Å². The minimum Gasteiger partial charge on any atom is -0.493 e. The SMILES string of the molecule is O=C(O)/C=C/c1cc(OCC2CCC2)ccc1Br. The maximum atomic E-state index is 10.5. The molecule has 1 aliphatic rings. The molecule has 96 valence electrons. The maximum Gasteiger partial charge on any atom is 0.328 e. The molecule has 0 saturated heterocycles. The van der Waals surface area contributed by atoms with Crippen LogP contribution in [0.15, 0.2) is 28.7 Å². The fourth-order valence-corrected chi connectivity index (χ4v) is 2.15. The van der Waals surface area contributed by atoms with Crippen molar-refractivity contribution in [3.8, 4) is 5.75 Å². The molecule has 0 heterocycles. The summed E-state index contributed by atoms with van der Waals surface area (Å²) in [5, 5.41) is 8.62. The zero-order valence-electron chi connectivity index (χ0n) is 9.93. The molecular weight excluding hydrogens is 296 g/mol. The molecule has 0 unspecified atom stereocenters. The summed E-state index contributed by atoms with van der Waals surface area (Å²) in [6.07, 6.45) is 6.49. The van der Waals surface area contributed by atoms with Crippen LogP contribution in [0.2, 0.25) is 0 Å². The van der Waals surface area contributed by atoms with Crippen LogP contribution in [-0.2, 0) is 4.79 Å². The molecule has 1 aromatic rings. The smallest absolute Gasteiger partial charge is 0.328 e. The molecule has 0 radical (unpaired) electrons. The zero-order valence-corrected chi connectivity index (χ0v) is 11.5. The lowest BCUT2D eigenvalue weighted by Gasteiger charge is -2.25. The Kier molecular flexibility index (Phi) is 4.42. The Bertz CT molecular complexity index is 464. The second-order valence-electron chi connectivity index (χ2n) is 4.46. The van der Waals surface area contributed by atoms with Crippen LogP contribution in [0, 0.1) is 5.92 Å². The fraction of sp³-hybridized carbons (Fsp3) is 0.357. The van der Waals surface area contributed by atoms with Crippen molar-refractivity contribution in [3.63, 3.8) is 0 Å². The van der Waals surface area contributed by atoms with E-state index in [1.807, 2.05) is 18.2 Å². The molecule has 1 N–H and O–H groups in total. The van der Waals surface area contributed by atoms with Gasteiger partial charge in [-0.1, -0.05) is 22.4 Å². The number of hydrogen-bond acceptors (Lipinski definition) is 2. The summed E-state index contributed by atoms with van der Waals surface area (Å²) in [7, 11) is 0. The molecule has 4 heteroatoms. The van der Waals surface area contributed by atoms with Gasteiger partial charge in [0.2, 0.25) is 0 Å². The molecule has 0 aliphatic heterocycles. The molecule has 2 rings (SSSR count). The van der Waals surface area contributed by atoms with Crippen molar-refractivity contribution in [2.24, 2.45) is 5.92 Å². The van der Waals surface area contributed by atoms with Gasteiger partial charge in [-0.3, -0.25) is 0 Å². The van der Waals surface area contributed by atoms with Gasteiger partial charge < -0.3 is 9.84 Å². The quantitative estimate of drug-likeness (QED) is 0.843. The van der Waals surface area contributed by atoms with Gasteiger partial charge in [-0.05, 0) is 48.6 Å². The number of benzene rings is 1. The zero-order chi connectivity index (χ0) is 13.0. The first kappa shape index (κ1) is 13.1. The summed E-state index contributed by atoms with van der Waals surface area (Å²) in [6, 6.07) is 5.61. The van der Waals surface area contributed by atoms with Crippen LogP contribution in [0.1, 0.15) is 24.8 Å². The van der Waals surface area contributed by atoms with Crippen molar-refractivity contribution in [2.75, 3.05) is 6.61 Å². The largest absolute Gasteiger partial charge is 0.493 e. The molecular formula is C14H15BrO3. The molecule has 0 bridgehead atoms. The highest BCUT2D eigenvalue weighted by molar-refractivity contribution is 9.10. The first-order valence-corrected chi connectivity index (χ1v) is 6.78. The molecule has 0 amide bonds. The summed E-state index contributed by atoms with van der Waals surface area (Å²) >= 11 is 3.39. The number of hydrogen-bond donors (Lipinski definition) is 1. The molecule has 1 fully saturated rings. The van der Waals surface area contributed by atoms with E-state index in [1.165, 1.54) is 19.3 Å². The molecule has 18 heavy (non-hydrogen) atoms. The van der Waals surface area contributed by atoms with Crippen LogP contribution in [0.4, 0.5) is 0 Å². The Balaban J connectivity index is 2.02. The van der Waals surface area contributed by atoms with Crippen LogP contribution in [0.3, 0.4) is 0 Å². The van der Waals surface area contributed by atoms with Crippen LogP contribution < -0.4 is 4.74 Å². The average Bonchev–Trinajstić information content (AvgIpc) is 2.27. The van der Waals surface area contributed by atoms with Crippen LogP contribution >= 0.6 is 15.9 Å². The second kappa shape index (κ2) is 6.05. The molecule has 0 aromatic heterocycles. The number of carboxylic acids is 1. The third-order valence-corrected chi connectivity index (χ3v) is 3.81. The van der Waals surface area contributed by atoms with E-state index in [-0.39, 0.29) is 0 Å².